The second-order valence-electron chi connectivity index (χ2n) is 6.79. The van der Waals surface area contributed by atoms with Crippen LogP contribution in [0.2, 0.25) is 5.02 Å². The van der Waals surface area contributed by atoms with Crippen molar-refractivity contribution in [2.75, 3.05) is 5.32 Å². The molecular weight excluding hydrogens is 377 g/mol. The summed E-state index contributed by atoms with van der Waals surface area (Å²) in [7, 11) is 0. The van der Waals surface area contributed by atoms with Gasteiger partial charge in [-0.1, -0.05) is 35.9 Å². The number of halogens is 2. The zero-order chi connectivity index (χ0) is 19.7. The van der Waals surface area contributed by atoms with Crippen molar-refractivity contribution in [3.05, 3.63) is 87.4 Å². The third-order valence-corrected chi connectivity index (χ3v) is 5.26. The molecule has 0 spiro atoms. The van der Waals surface area contributed by atoms with Crippen LogP contribution in [0.1, 0.15) is 23.7 Å². The molecule has 2 N–H and O–H groups in total. The predicted molar refractivity (Wildman–Crippen MR) is 109 cm³/mol. The highest BCUT2D eigenvalue weighted by molar-refractivity contribution is 6.31. The maximum Gasteiger partial charge on any atom is 0.129 e. The van der Waals surface area contributed by atoms with E-state index in [9.17, 15) is 9.50 Å². The van der Waals surface area contributed by atoms with E-state index in [2.05, 4.69) is 15.3 Å². The Morgan fingerprint density at radius 1 is 1.18 bits per heavy atom. The van der Waals surface area contributed by atoms with Crippen LogP contribution in [0.4, 0.5) is 10.2 Å². The minimum Gasteiger partial charge on any atom is -0.510 e. The molecular formula is C22H19ClFN3O. The molecule has 2 aromatic heterocycles. The average molecular weight is 396 g/mol. The minimum absolute atomic E-state index is 0.113. The van der Waals surface area contributed by atoms with Crippen molar-refractivity contribution < 1.29 is 9.50 Å². The van der Waals surface area contributed by atoms with Gasteiger partial charge in [0, 0.05) is 28.4 Å². The normalized spacial score (nSPS) is 16.8. The van der Waals surface area contributed by atoms with Gasteiger partial charge in [-0.05, 0) is 48.9 Å². The highest BCUT2D eigenvalue weighted by atomic mass is 35.5. The van der Waals surface area contributed by atoms with Crippen molar-refractivity contribution in [2.45, 2.75) is 19.4 Å². The highest BCUT2D eigenvalue weighted by Gasteiger charge is 2.32. The van der Waals surface area contributed by atoms with Gasteiger partial charge in [-0.15, -0.1) is 0 Å². The summed E-state index contributed by atoms with van der Waals surface area (Å²) in [5.41, 5.74) is 1.13. The van der Waals surface area contributed by atoms with Crippen LogP contribution in [-0.2, 0) is 0 Å². The summed E-state index contributed by atoms with van der Waals surface area (Å²) in [5.74, 6) is -0.178. The van der Waals surface area contributed by atoms with Gasteiger partial charge >= 0.3 is 0 Å². The molecule has 0 aliphatic heterocycles. The van der Waals surface area contributed by atoms with E-state index >= 15 is 0 Å². The largest absolute Gasteiger partial charge is 0.510 e. The second-order valence-corrected chi connectivity index (χ2v) is 7.20. The molecule has 0 bridgehead atoms. The van der Waals surface area contributed by atoms with E-state index in [1.807, 2.05) is 43.3 Å². The first-order valence-electron chi connectivity index (χ1n) is 9.03. The smallest absolute Gasteiger partial charge is 0.129 e. The Hall–Kier alpha value is -2.92. The van der Waals surface area contributed by atoms with Crippen molar-refractivity contribution >= 4 is 29.3 Å². The summed E-state index contributed by atoms with van der Waals surface area (Å²) in [6.07, 6.45) is 4.14. The Bertz CT molecular complexity index is 1130. The van der Waals surface area contributed by atoms with Crippen molar-refractivity contribution in [3.63, 3.8) is 0 Å². The van der Waals surface area contributed by atoms with E-state index in [1.54, 1.807) is 18.3 Å². The first-order valence-corrected chi connectivity index (χ1v) is 9.41. The Morgan fingerprint density at radius 2 is 2.00 bits per heavy atom. The van der Waals surface area contributed by atoms with E-state index in [1.165, 1.54) is 6.07 Å². The lowest BCUT2D eigenvalue weighted by molar-refractivity contribution is 0.390. The number of aryl methyl sites for hydroxylation is 1. The van der Waals surface area contributed by atoms with Crippen molar-refractivity contribution in [3.8, 4) is 0 Å². The van der Waals surface area contributed by atoms with E-state index in [0.29, 0.717) is 28.2 Å². The molecule has 0 radical (unpaired) electrons. The summed E-state index contributed by atoms with van der Waals surface area (Å²) in [4.78, 5) is 8.77. The fourth-order valence-electron chi connectivity index (χ4n) is 3.60. The van der Waals surface area contributed by atoms with E-state index in [0.717, 1.165) is 10.9 Å². The molecule has 1 aliphatic carbocycles. The molecule has 2 unspecified atom stereocenters. The van der Waals surface area contributed by atoms with Gasteiger partial charge in [-0.3, -0.25) is 4.98 Å². The van der Waals surface area contributed by atoms with Gasteiger partial charge in [0.2, 0.25) is 0 Å². The van der Waals surface area contributed by atoms with Crippen LogP contribution in [0.25, 0.3) is 11.8 Å². The molecule has 0 saturated heterocycles. The van der Waals surface area contributed by atoms with E-state index in [4.69, 9.17) is 11.6 Å². The quantitative estimate of drug-likeness (QED) is 0.703. The summed E-state index contributed by atoms with van der Waals surface area (Å²) >= 11 is 6.37. The summed E-state index contributed by atoms with van der Waals surface area (Å²) in [6, 6.07) is 13.3. The zero-order valence-electron chi connectivity index (χ0n) is 15.2. The molecule has 6 heteroatoms. The molecule has 2 heterocycles. The monoisotopic (exact) mass is 395 g/mol. The van der Waals surface area contributed by atoms with Gasteiger partial charge < -0.3 is 10.4 Å². The SMILES string of the molecule is Cc1cccc(NC(c2c(F)cccc2Cl)C2CC=c3cccnc3=C2O)n1. The molecule has 0 amide bonds. The molecule has 4 rings (SSSR count). The van der Waals surface area contributed by atoms with Crippen molar-refractivity contribution in [1.82, 2.24) is 9.97 Å². The molecule has 28 heavy (non-hydrogen) atoms. The lowest BCUT2D eigenvalue weighted by Gasteiger charge is -2.30. The van der Waals surface area contributed by atoms with E-state index < -0.39 is 17.8 Å². The van der Waals surface area contributed by atoms with Gasteiger partial charge in [0.15, 0.2) is 0 Å². The summed E-state index contributed by atoms with van der Waals surface area (Å²) in [6.45, 7) is 1.88. The standard InChI is InChI=1S/C22H19ClFN3O/c1-13-5-2-9-18(26-13)27-21(19-16(23)7-3-8-17(19)24)15-11-10-14-6-4-12-25-20(14)22(15)28/h2-10,12,15,21,28H,11H2,1H3,(H,26,27). The highest BCUT2D eigenvalue weighted by Crippen LogP contribution is 2.38. The lowest BCUT2D eigenvalue weighted by atomic mass is 9.85. The number of fused-ring (bicyclic) bond motifs is 1. The van der Waals surface area contributed by atoms with Crippen LogP contribution in [0.3, 0.4) is 0 Å². The van der Waals surface area contributed by atoms with Crippen LogP contribution >= 0.6 is 11.6 Å². The van der Waals surface area contributed by atoms with Crippen LogP contribution in [0.15, 0.2) is 54.7 Å². The summed E-state index contributed by atoms with van der Waals surface area (Å²) < 4.78 is 14.8. The predicted octanol–water partition coefficient (Wildman–Crippen LogP) is 3.90. The van der Waals surface area contributed by atoms with Crippen LogP contribution in [0, 0.1) is 18.7 Å². The number of pyridine rings is 2. The first-order chi connectivity index (χ1) is 13.5. The number of rotatable bonds is 4. The fraction of sp³-hybridized carbons (Fsp3) is 0.182. The molecule has 0 saturated carbocycles. The molecule has 2 atom stereocenters. The number of hydrogen-bond acceptors (Lipinski definition) is 4. The van der Waals surface area contributed by atoms with E-state index in [-0.39, 0.29) is 5.76 Å². The number of aliphatic hydroxyl groups excluding tert-OH is 1. The number of nitrogens with one attached hydrogen (secondary N) is 1. The molecule has 3 aromatic rings. The maximum absolute atomic E-state index is 14.8. The first kappa shape index (κ1) is 18.4. The number of anilines is 1. The summed E-state index contributed by atoms with van der Waals surface area (Å²) in [5, 5.41) is 15.9. The van der Waals surface area contributed by atoms with Crippen LogP contribution in [0.5, 0.6) is 0 Å². The number of hydrogen-bond donors (Lipinski definition) is 2. The average Bonchev–Trinajstić information content (AvgIpc) is 2.68. The maximum atomic E-state index is 14.8. The number of benzene rings is 1. The van der Waals surface area contributed by atoms with Gasteiger partial charge in [0.1, 0.15) is 22.7 Å². The molecule has 1 aromatic carbocycles. The number of nitrogens with zero attached hydrogens (tertiary/aromatic N) is 2. The molecule has 4 nitrogen and oxygen atoms in total. The third-order valence-electron chi connectivity index (χ3n) is 4.93. The molecule has 0 fully saturated rings. The minimum atomic E-state index is -0.616. The second kappa shape index (κ2) is 7.60. The Morgan fingerprint density at radius 3 is 2.79 bits per heavy atom. The zero-order valence-corrected chi connectivity index (χ0v) is 16.0. The van der Waals surface area contributed by atoms with Gasteiger partial charge in [-0.25, -0.2) is 9.37 Å². The molecule has 1 aliphatic rings. The number of aromatic nitrogens is 2. The Balaban J connectivity index is 1.85. The third kappa shape index (κ3) is 3.45. The topological polar surface area (TPSA) is 58.0 Å². The van der Waals surface area contributed by atoms with Gasteiger partial charge in [0.25, 0.3) is 0 Å². The molecule has 142 valence electrons. The van der Waals surface area contributed by atoms with Crippen molar-refractivity contribution in [2.24, 2.45) is 5.92 Å². The van der Waals surface area contributed by atoms with Crippen molar-refractivity contribution in [1.29, 1.82) is 0 Å². The lowest BCUT2D eigenvalue weighted by Crippen LogP contribution is -2.38. The van der Waals surface area contributed by atoms with Crippen LogP contribution < -0.4 is 15.9 Å². The Labute approximate surface area is 167 Å². The Kier molecular flexibility index (Phi) is 5.01. The van der Waals surface area contributed by atoms with Crippen LogP contribution in [-0.4, -0.2) is 15.1 Å². The van der Waals surface area contributed by atoms with Gasteiger partial charge in [-0.2, -0.15) is 0 Å². The van der Waals surface area contributed by atoms with Gasteiger partial charge in [0.05, 0.1) is 6.04 Å². The number of aliphatic hydroxyl groups is 1. The fourth-order valence-corrected chi connectivity index (χ4v) is 3.88.